The predicted octanol–water partition coefficient (Wildman–Crippen LogP) is 5.90. The highest BCUT2D eigenvalue weighted by Gasteiger charge is 2.43. The van der Waals surface area contributed by atoms with Crippen molar-refractivity contribution in [3.05, 3.63) is 114 Å². The Hall–Kier alpha value is -3.33. The molecular weight excluding hydrogens is 544 g/mol. The fourth-order valence-corrected chi connectivity index (χ4v) is 8.25. The van der Waals surface area contributed by atoms with Gasteiger partial charge in [0.1, 0.15) is 0 Å². The highest BCUT2D eigenvalue weighted by molar-refractivity contribution is 7.89. The summed E-state index contributed by atoms with van der Waals surface area (Å²) in [5, 5.41) is 4.25. The van der Waals surface area contributed by atoms with Gasteiger partial charge in [0.25, 0.3) is 0 Å². The maximum Gasteiger partial charge on any atom is 0.242 e. The summed E-state index contributed by atoms with van der Waals surface area (Å²) in [6.45, 7) is 3.55. The second kappa shape index (κ2) is 12.5. The maximum absolute atomic E-state index is 13.4. The Morgan fingerprint density at radius 3 is 2.24 bits per heavy atom. The summed E-state index contributed by atoms with van der Waals surface area (Å²) in [7, 11) is -1.83. The Bertz CT molecular complexity index is 1540. The number of likely N-dealkylation sites (tertiary alicyclic amines) is 1. The van der Waals surface area contributed by atoms with Crippen LogP contribution in [0.3, 0.4) is 0 Å². The normalized spacial score (nSPS) is 22.1. The van der Waals surface area contributed by atoms with Gasteiger partial charge in [-0.05, 0) is 74.4 Å². The standard InChI is InChI=1S/C34H40N4O3S/c1-37(42(39,40)31-15-9-4-10-16-31)26-34(30-13-7-3-8-14-30)20-17-28(24-34)25-38-21-18-29(19-22-38)33-35-32(36-41-33)23-27-11-5-2-6-12-27/h2-16,28-29H,17-26H2,1H3/t28-,34-/m0/s1. The van der Waals surface area contributed by atoms with E-state index in [2.05, 4.69) is 46.5 Å². The quantitative estimate of drug-likeness (QED) is 0.231. The molecule has 0 amide bonds. The van der Waals surface area contributed by atoms with E-state index < -0.39 is 10.0 Å². The van der Waals surface area contributed by atoms with E-state index in [0.717, 1.165) is 63.5 Å². The number of sulfonamides is 1. The monoisotopic (exact) mass is 584 g/mol. The Morgan fingerprint density at radius 2 is 1.55 bits per heavy atom. The van der Waals surface area contributed by atoms with Crippen LogP contribution in [0.1, 0.15) is 60.9 Å². The number of hydrogen-bond donors (Lipinski definition) is 0. The van der Waals surface area contributed by atoms with Gasteiger partial charge in [-0.2, -0.15) is 4.98 Å². The van der Waals surface area contributed by atoms with Gasteiger partial charge in [-0.1, -0.05) is 84.0 Å². The van der Waals surface area contributed by atoms with Gasteiger partial charge in [0, 0.05) is 37.9 Å². The molecule has 0 bridgehead atoms. The molecular formula is C34H40N4O3S. The second-order valence-corrected chi connectivity index (χ2v) is 14.2. The smallest absolute Gasteiger partial charge is 0.242 e. The summed E-state index contributed by atoms with van der Waals surface area (Å²) in [5.41, 5.74) is 2.23. The first-order valence-electron chi connectivity index (χ1n) is 15.1. The van der Waals surface area contributed by atoms with E-state index in [0.29, 0.717) is 29.7 Å². The number of benzene rings is 3. The third kappa shape index (κ3) is 6.36. The first-order valence-corrected chi connectivity index (χ1v) is 16.5. The van der Waals surface area contributed by atoms with Crippen molar-refractivity contribution < 1.29 is 12.9 Å². The van der Waals surface area contributed by atoms with Crippen LogP contribution in [0.15, 0.2) is 100 Å². The minimum Gasteiger partial charge on any atom is -0.339 e. The zero-order valence-corrected chi connectivity index (χ0v) is 25.1. The SMILES string of the molecule is CN(C[C@]1(c2ccccc2)CC[C@H](CN2CCC(c3nc(Cc4ccccc4)no3)CC2)C1)S(=O)(=O)c1ccccc1. The van der Waals surface area contributed by atoms with Crippen LogP contribution in [0.2, 0.25) is 0 Å². The van der Waals surface area contributed by atoms with Gasteiger partial charge in [-0.15, -0.1) is 0 Å². The van der Waals surface area contributed by atoms with E-state index in [9.17, 15) is 8.42 Å². The van der Waals surface area contributed by atoms with Crippen molar-refractivity contribution in [3.8, 4) is 0 Å². The van der Waals surface area contributed by atoms with Gasteiger partial charge in [-0.3, -0.25) is 0 Å². The lowest BCUT2D eigenvalue weighted by Crippen LogP contribution is -2.41. The third-order valence-electron chi connectivity index (χ3n) is 9.22. The molecule has 3 aromatic carbocycles. The minimum absolute atomic E-state index is 0.195. The summed E-state index contributed by atoms with van der Waals surface area (Å²) in [6, 6.07) is 29.6. The number of nitrogens with zero attached hydrogens (tertiary/aromatic N) is 4. The number of piperidine rings is 1. The number of rotatable bonds is 10. The number of hydrogen-bond acceptors (Lipinski definition) is 6. The molecule has 1 saturated carbocycles. The molecule has 4 aromatic rings. The molecule has 0 N–H and O–H groups in total. The lowest BCUT2D eigenvalue weighted by molar-refractivity contribution is 0.167. The van der Waals surface area contributed by atoms with Crippen molar-refractivity contribution in [1.82, 2.24) is 19.3 Å². The minimum atomic E-state index is -3.56. The van der Waals surface area contributed by atoms with E-state index in [-0.39, 0.29) is 5.41 Å². The van der Waals surface area contributed by atoms with Crippen LogP contribution in [0.25, 0.3) is 0 Å². The highest BCUT2D eigenvalue weighted by atomic mass is 32.2. The Kier molecular flexibility index (Phi) is 8.56. The van der Waals surface area contributed by atoms with Crippen LogP contribution in [0, 0.1) is 5.92 Å². The highest BCUT2D eigenvalue weighted by Crippen LogP contribution is 2.46. The molecule has 6 rings (SSSR count). The molecule has 1 saturated heterocycles. The molecule has 1 aliphatic carbocycles. The van der Waals surface area contributed by atoms with Crippen LogP contribution in [0.4, 0.5) is 0 Å². The third-order valence-corrected chi connectivity index (χ3v) is 11.0. The molecule has 8 heteroatoms. The molecule has 0 spiro atoms. The summed E-state index contributed by atoms with van der Waals surface area (Å²) < 4.78 is 34.1. The van der Waals surface area contributed by atoms with Crippen molar-refractivity contribution in [1.29, 1.82) is 0 Å². The van der Waals surface area contributed by atoms with Crippen LogP contribution in [-0.2, 0) is 21.9 Å². The van der Waals surface area contributed by atoms with Gasteiger partial charge < -0.3 is 9.42 Å². The molecule has 1 aliphatic heterocycles. The van der Waals surface area contributed by atoms with Crippen molar-refractivity contribution >= 4 is 10.0 Å². The molecule has 220 valence electrons. The summed E-state index contributed by atoms with van der Waals surface area (Å²) in [5.74, 6) is 2.35. The zero-order valence-electron chi connectivity index (χ0n) is 24.3. The first kappa shape index (κ1) is 28.8. The van der Waals surface area contributed by atoms with Gasteiger partial charge in [0.2, 0.25) is 15.9 Å². The average molecular weight is 585 g/mol. The van der Waals surface area contributed by atoms with Crippen molar-refractivity contribution in [2.24, 2.45) is 5.92 Å². The lowest BCUT2D eigenvalue weighted by atomic mass is 9.78. The molecule has 2 aliphatic rings. The molecule has 7 nitrogen and oxygen atoms in total. The van der Waals surface area contributed by atoms with Crippen molar-refractivity contribution in [3.63, 3.8) is 0 Å². The Balaban J connectivity index is 1.08. The van der Waals surface area contributed by atoms with E-state index in [4.69, 9.17) is 9.51 Å². The maximum atomic E-state index is 13.4. The van der Waals surface area contributed by atoms with E-state index in [1.165, 1.54) is 11.1 Å². The van der Waals surface area contributed by atoms with Crippen molar-refractivity contribution in [2.75, 3.05) is 33.2 Å². The molecule has 42 heavy (non-hydrogen) atoms. The summed E-state index contributed by atoms with van der Waals surface area (Å²) in [6.07, 6.45) is 5.79. The van der Waals surface area contributed by atoms with Crippen LogP contribution in [-0.4, -0.2) is 61.0 Å². The van der Waals surface area contributed by atoms with E-state index in [1.54, 1.807) is 35.6 Å². The van der Waals surface area contributed by atoms with Gasteiger partial charge in [0.05, 0.1) is 4.90 Å². The van der Waals surface area contributed by atoms with Crippen LogP contribution in [0.5, 0.6) is 0 Å². The Labute approximate surface area is 249 Å². The number of likely N-dealkylation sites (N-methyl/N-ethyl adjacent to an activating group) is 1. The lowest BCUT2D eigenvalue weighted by Gasteiger charge is -2.35. The Morgan fingerprint density at radius 1 is 0.905 bits per heavy atom. The number of aromatic nitrogens is 2. The van der Waals surface area contributed by atoms with E-state index >= 15 is 0 Å². The largest absolute Gasteiger partial charge is 0.339 e. The first-order chi connectivity index (χ1) is 20.4. The molecule has 1 aromatic heterocycles. The van der Waals surface area contributed by atoms with Crippen molar-refractivity contribution in [2.45, 2.75) is 54.8 Å². The fourth-order valence-electron chi connectivity index (χ4n) is 6.98. The topological polar surface area (TPSA) is 79.5 Å². The molecule has 2 atom stereocenters. The molecule has 2 fully saturated rings. The summed E-state index contributed by atoms with van der Waals surface area (Å²) >= 11 is 0. The molecule has 0 unspecified atom stereocenters. The second-order valence-electron chi connectivity index (χ2n) is 12.1. The van der Waals surface area contributed by atoms with Crippen LogP contribution >= 0.6 is 0 Å². The zero-order chi connectivity index (χ0) is 29.0. The van der Waals surface area contributed by atoms with Gasteiger partial charge in [-0.25, -0.2) is 12.7 Å². The van der Waals surface area contributed by atoms with Gasteiger partial charge >= 0.3 is 0 Å². The fraction of sp³-hybridized carbons (Fsp3) is 0.412. The van der Waals surface area contributed by atoms with Gasteiger partial charge in [0.15, 0.2) is 5.82 Å². The summed E-state index contributed by atoms with van der Waals surface area (Å²) in [4.78, 5) is 7.66. The van der Waals surface area contributed by atoms with E-state index in [1.807, 2.05) is 30.3 Å². The van der Waals surface area contributed by atoms with Crippen LogP contribution < -0.4 is 0 Å². The molecule has 2 heterocycles. The predicted molar refractivity (Wildman–Crippen MR) is 164 cm³/mol. The average Bonchev–Trinajstić information content (AvgIpc) is 3.66. The molecule has 0 radical (unpaired) electrons.